The third kappa shape index (κ3) is 5.61. The van der Waals surface area contributed by atoms with E-state index >= 15 is 0 Å². The Morgan fingerprint density at radius 2 is 1.66 bits per heavy atom. The molecule has 0 radical (unpaired) electrons. The van der Waals surface area contributed by atoms with Crippen LogP contribution < -0.4 is 19.5 Å². The summed E-state index contributed by atoms with van der Waals surface area (Å²) < 4.78 is 16.8. The third-order valence-corrected chi connectivity index (χ3v) is 5.34. The van der Waals surface area contributed by atoms with Crippen molar-refractivity contribution in [1.82, 2.24) is 5.32 Å². The van der Waals surface area contributed by atoms with Gasteiger partial charge in [0, 0.05) is 17.7 Å². The van der Waals surface area contributed by atoms with Gasteiger partial charge in [-0.15, -0.1) is 0 Å². The number of rotatable bonds is 9. The zero-order valence-corrected chi connectivity index (χ0v) is 19.4. The number of nitrogens with one attached hydrogen (secondary N) is 1. The standard InChI is InChI=1S/C27H31NO4/c1-18(2)22-12-10-19(3)14-25(22)32-17-21-8-6-7-9-23(21)27(29)28-16-20-11-13-24(30-4)26(15-20)31-5/h6-15,18H,16-17H2,1-5H3,(H,28,29). The second-order valence-corrected chi connectivity index (χ2v) is 8.01. The summed E-state index contributed by atoms with van der Waals surface area (Å²) in [6.45, 7) is 7.04. The molecule has 0 saturated heterocycles. The number of hydrogen-bond donors (Lipinski definition) is 1. The van der Waals surface area contributed by atoms with Crippen LogP contribution in [0.5, 0.6) is 17.2 Å². The van der Waals surface area contributed by atoms with E-state index in [9.17, 15) is 4.79 Å². The van der Waals surface area contributed by atoms with E-state index in [0.29, 0.717) is 36.1 Å². The van der Waals surface area contributed by atoms with E-state index in [0.717, 1.165) is 28.0 Å². The van der Waals surface area contributed by atoms with E-state index in [1.54, 1.807) is 14.2 Å². The van der Waals surface area contributed by atoms with Gasteiger partial charge >= 0.3 is 0 Å². The quantitative estimate of drug-likeness (QED) is 0.474. The van der Waals surface area contributed by atoms with Gasteiger partial charge < -0.3 is 19.5 Å². The zero-order valence-electron chi connectivity index (χ0n) is 19.4. The summed E-state index contributed by atoms with van der Waals surface area (Å²) in [7, 11) is 3.19. The number of benzene rings is 3. The summed E-state index contributed by atoms with van der Waals surface area (Å²) in [5.74, 6) is 2.35. The van der Waals surface area contributed by atoms with Crippen LogP contribution in [0.1, 0.15) is 52.4 Å². The number of ether oxygens (including phenoxy) is 3. The summed E-state index contributed by atoms with van der Waals surface area (Å²) in [6.07, 6.45) is 0. The molecule has 0 aliphatic carbocycles. The maximum absolute atomic E-state index is 12.9. The highest BCUT2D eigenvalue weighted by Crippen LogP contribution is 2.29. The van der Waals surface area contributed by atoms with Crippen LogP contribution in [0.2, 0.25) is 0 Å². The minimum Gasteiger partial charge on any atom is -0.493 e. The topological polar surface area (TPSA) is 56.8 Å². The van der Waals surface area contributed by atoms with Crippen molar-refractivity contribution in [2.75, 3.05) is 14.2 Å². The molecule has 3 aromatic carbocycles. The van der Waals surface area contributed by atoms with Crippen LogP contribution in [-0.4, -0.2) is 20.1 Å². The molecule has 0 aromatic heterocycles. The van der Waals surface area contributed by atoms with Crippen molar-refractivity contribution in [3.8, 4) is 17.2 Å². The molecule has 5 heteroatoms. The Labute approximate surface area is 190 Å². The van der Waals surface area contributed by atoms with Gasteiger partial charge in [0.1, 0.15) is 12.4 Å². The largest absolute Gasteiger partial charge is 0.493 e. The van der Waals surface area contributed by atoms with Gasteiger partial charge in [0.05, 0.1) is 14.2 Å². The normalized spacial score (nSPS) is 10.7. The van der Waals surface area contributed by atoms with Crippen LogP contribution in [0.3, 0.4) is 0 Å². The Morgan fingerprint density at radius 1 is 0.906 bits per heavy atom. The average molecular weight is 434 g/mol. The van der Waals surface area contributed by atoms with Crippen LogP contribution in [-0.2, 0) is 13.2 Å². The van der Waals surface area contributed by atoms with E-state index in [-0.39, 0.29) is 5.91 Å². The van der Waals surface area contributed by atoms with Crippen LogP contribution in [0.15, 0.2) is 60.7 Å². The Morgan fingerprint density at radius 3 is 2.38 bits per heavy atom. The van der Waals surface area contributed by atoms with E-state index in [1.807, 2.05) is 49.4 Å². The molecule has 0 bridgehead atoms. The van der Waals surface area contributed by atoms with E-state index in [2.05, 4.69) is 37.4 Å². The molecular weight excluding hydrogens is 402 g/mol. The van der Waals surface area contributed by atoms with Gasteiger partial charge in [0.15, 0.2) is 11.5 Å². The first kappa shape index (κ1) is 23.2. The average Bonchev–Trinajstić information content (AvgIpc) is 2.80. The monoisotopic (exact) mass is 433 g/mol. The Bertz CT molecular complexity index is 1080. The molecule has 0 saturated carbocycles. The Hall–Kier alpha value is -3.47. The van der Waals surface area contributed by atoms with Crippen molar-refractivity contribution in [3.63, 3.8) is 0 Å². The molecule has 1 N–H and O–H groups in total. The van der Waals surface area contributed by atoms with Gasteiger partial charge in [-0.25, -0.2) is 0 Å². The number of methoxy groups -OCH3 is 2. The molecule has 1 amide bonds. The van der Waals surface area contributed by atoms with Crippen molar-refractivity contribution in [2.45, 2.75) is 39.8 Å². The first-order chi connectivity index (χ1) is 15.4. The van der Waals surface area contributed by atoms with Crippen molar-refractivity contribution < 1.29 is 19.0 Å². The van der Waals surface area contributed by atoms with Gasteiger partial charge in [-0.3, -0.25) is 4.79 Å². The van der Waals surface area contributed by atoms with E-state index in [1.165, 1.54) is 0 Å². The van der Waals surface area contributed by atoms with Crippen molar-refractivity contribution >= 4 is 5.91 Å². The molecular formula is C27H31NO4. The fraction of sp³-hybridized carbons (Fsp3) is 0.296. The maximum atomic E-state index is 12.9. The molecule has 0 aliphatic heterocycles. The van der Waals surface area contributed by atoms with Gasteiger partial charge in [-0.1, -0.05) is 50.2 Å². The highest BCUT2D eigenvalue weighted by atomic mass is 16.5. The Kier molecular flexibility index (Phi) is 7.77. The van der Waals surface area contributed by atoms with Gasteiger partial charge in [0.25, 0.3) is 5.91 Å². The smallest absolute Gasteiger partial charge is 0.251 e. The first-order valence-electron chi connectivity index (χ1n) is 10.7. The van der Waals surface area contributed by atoms with Crippen LogP contribution >= 0.6 is 0 Å². The molecule has 168 valence electrons. The molecule has 0 aliphatic rings. The van der Waals surface area contributed by atoms with Crippen LogP contribution in [0.25, 0.3) is 0 Å². The lowest BCUT2D eigenvalue weighted by molar-refractivity contribution is 0.0948. The summed E-state index contributed by atoms with van der Waals surface area (Å²) >= 11 is 0. The second-order valence-electron chi connectivity index (χ2n) is 8.01. The summed E-state index contributed by atoms with van der Waals surface area (Å²) in [5.41, 5.74) is 4.67. The Balaban J connectivity index is 1.71. The predicted molar refractivity (Wildman–Crippen MR) is 127 cm³/mol. The highest BCUT2D eigenvalue weighted by molar-refractivity contribution is 5.95. The van der Waals surface area contributed by atoms with Crippen molar-refractivity contribution in [3.05, 3.63) is 88.5 Å². The number of amides is 1. The SMILES string of the molecule is COc1ccc(CNC(=O)c2ccccc2COc2cc(C)ccc2C(C)C)cc1OC. The summed E-state index contributed by atoms with van der Waals surface area (Å²) in [6, 6.07) is 19.4. The molecule has 0 fully saturated rings. The number of carbonyl (C=O) groups excluding carboxylic acids is 1. The lowest BCUT2D eigenvalue weighted by atomic mass is 10.0. The minimum atomic E-state index is -0.146. The van der Waals surface area contributed by atoms with Gasteiger partial charge in [-0.2, -0.15) is 0 Å². The lowest BCUT2D eigenvalue weighted by Gasteiger charge is -2.16. The molecule has 3 aromatic rings. The first-order valence-corrected chi connectivity index (χ1v) is 10.7. The van der Waals surface area contributed by atoms with Crippen molar-refractivity contribution in [1.29, 1.82) is 0 Å². The van der Waals surface area contributed by atoms with Crippen molar-refractivity contribution in [2.24, 2.45) is 0 Å². The van der Waals surface area contributed by atoms with Gasteiger partial charge in [0.2, 0.25) is 0 Å². The molecule has 0 atom stereocenters. The predicted octanol–water partition coefficient (Wildman–Crippen LogP) is 5.64. The van der Waals surface area contributed by atoms with Gasteiger partial charge in [-0.05, 0) is 53.8 Å². The number of carbonyl (C=O) groups is 1. The molecule has 0 unspecified atom stereocenters. The number of aryl methyl sites for hydroxylation is 1. The summed E-state index contributed by atoms with van der Waals surface area (Å²) in [4.78, 5) is 12.9. The molecule has 0 heterocycles. The molecule has 5 nitrogen and oxygen atoms in total. The van der Waals surface area contributed by atoms with Crippen LogP contribution in [0, 0.1) is 6.92 Å². The lowest BCUT2D eigenvalue weighted by Crippen LogP contribution is -2.24. The zero-order chi connectivity index (χ0) is 23.1. The fourth-order valence-corrected chi connectivity index (χ4v) is 3.53. The molecule has 3 rings (SSSR count). The van der Waals surface area contributed by atoms with E-state index < -0.39 is 0 Å². The third-order valence-electron chi connectivity index (χ3n) is 5.34. The molecule has 32 heavy (non-hydrogen) atoms. The molecule has 0 spiro atoms. The highest BCUT2D eigenvalue weighted by Gasteiger charge is 2.14. The minimum absolute atomic E-state index is 0.146. The van der Waals surface area contributed by atoms with Crippen LogP contribution in [0.4, 0.5) is 0 Å². The second kappa shape index (κ2) is 10.7. The number of hydrogen-bond acceptors (Lipinski definition) is 4. The maximum Gasteiger partial charge on any atom is 0.251 e. The summed E-state index contributed by atoms with van der Waals surface area (Å²) in [5, 5.41) is 2.99. The fourth-order valence-electron chi connectivity index (χ4n) is 3.53. The van der Waals surface area contributed by atoms with E-state index in [4.69, 9.17) is 14.2 Å².